The van der Waals surface area contributed by atoms with Crippen LogP contribution in [0.15, 0.2) is 24.3 Å². The SMILES string of the molecule is CC(C)COc1ccccc1NCC1CCC1. The van der Waals surface area contributed by atoms with Gasteiger partial charge in [-0.05, 0) is 36.8 Å². The molecule has 0 atom stereocenters. The number of ether oxygens (including phenoxy) is 1. The first-order valence-electron chi connectivity index (χ1n) is 6.71. The fraction of sp³-hybridized carbons (Fsp3) is 0.600. The summed E-state index contributed by atoms with van der Waals surface area (Å²) < 4.78 is 5.82. The van der Waals surface area contributed by atoms with E-state index in [9.17, 15) is 0 Å². The van der Waals surface area contributed by atoms with Crippen molar-refractivity contribution in [1.29, 1.82) is 0 Å². The van der Waals surface area contributed by atoms with E-state index >= 15 is 0 Å². The molecule has 17 heavy (non-hydrogen) atoms. The lowest BCUT2D eigenvalue weighted by atomic mass is 9.85. The van der Waals surface area contributed by atoms with Gasteiger partial charge in [0.25, 0.3) is 0 Å². The van der Waals surface area contributed by atoms with Crippen LogP contribution in [0.25, 0.3) is 0 Å². The molecule has 0 unspecified atom stereocenters. The molecular weight excluding hydrogens is 210 g/mol. The molecule has 0 saturated heterocycles. The third-order valence-electron chi connectivity index (χ3n) is 3.27. The van der Waals surface area contributed by atoms with Gasteiger partial charge in [-0.1, -0.05) is 32.4 Å². The standard InChI is InChI=1S/C15H23NO/c1-12(2)11-17-15-9-4-3-8-14(15)16-10-13-6-5-7-13/h3-4,8-9,12-13,16H,5-7,10-11H2,1-2H3. The Bertz CT molecular complexity index is 345. The van der Waals surface area contributed by atoms with E-state index in [4.69, 9.17) is 4.74 Å². The highest BCUT2D eigenvalue weighted by Crippen LogP contribution is 2.29. The maximum atomic E-state index is 5.82. The molecule has 0 aliphatic heterocycles. The normalized spacial score (nSPS) is 15.7. The number of para-hydroxylation sites is 2. The molecule has 1 aromatic rings. The van der Waals surface area contributed by atoms with E-state index in [0.717, 1.165) is 30.5 Å². The van der Waals surface area contributed by atoms with Gasteiger partial charge in [0.15, 0.2) is 0 Å². The zero-order valence-electron chi connectivity index (χ0n) is 10.9. The second-order valence-electron chi connectivity index (χ2n) is 5.38. The smallest absolute Gasteiger partial charge is 0.142 e. The van der Waals surface area contributed by atoms with Crippen LogP contribution in [0.5, 0.6) is 5.75 Å². The zero-order valence-corrected chi connectivity index (χ0v) is 10.9. The van der Waals surface area contributed by atoms with Crippen LogP contribution in [0.1, 0.15) is 33.1 Å². The zero-order chi connectivity index (χ0) is 12.1. The Hall–Kier alpha value is -1.18. The molecule has 0 spiro atoms. The number of hydrogen-bond donors (Lipinski definition) is 1. The Morgan fingerprint density at radius 1 is 1.29 bits per heavy atom. The molecule has 94 valence electrons. The lowest BCUT2D eigenvalue weighted by Gasteiger charge is -2.26. The third kappa shape index (κ3) is 3.65. The first-order chi connectivity index (χ1) is 8.25. The van der Waals surface area contributed by atoms with Crippen LogP contribution in [-0.4, -0.2) is 13.2 Å². The third-order valence-corrected chi connectivity index (χ3v) is 3.27. The van der Waals surface area contributed by atoms with Crippen LogP contribution in [0.2, 0.25) is 0 Å². The first-order valence-corrected chi connectivity index (χ1v) is 6.71. The predicted octanol–water partition coefficient (Wildman–Crippen LogP) is 3.93. The Kier molecular flexibility index (Phi) is 4.29. The minimum absolute atomic E-state index is 0.565. The van der Waals surface area contributed by atoms with Gasteiger partial charge in [0.2, 0.25) is 0 Å². The van der Waals surface area contributed by atoms with Crippen molar-refractivity contribution in [2.45, 2.75) is 33.1 Å². The Labute approximate surface area is 104 Å². The van der Waals surface area contributed by atoms with Gasteiger partial charge in [0, 0.05) is 6.54 Å². The quantitative estimate of drug-likeness (QED) is 0.803. The second-order valence-corrected chi connectivity index (χ2v) is 5.38. The maximum Gasteiger partial charge on any atom is 0.142 e. The summed E-state index contributed by atoms with van der Waals surface area (Å²) in [6.45, 7) is 6.21. The van der Waals surface area contributed by atoms with Crippen LogP contribution < -0.4 is 10.1 Å². The van der Waals surface area contributed by atoms with Crippen molar-refractivity contribution in [2.75, 3.05) is 18.5 Å². The first kappa shape index (κ1) is 12.3. The second kappa shape index (κ2) is 5.95. The number of rotatable bonds is 6. The van der Waals surface area contributed by atoms with Crippen LogP contribution in [0.4, 0.5) is 5.69 Å². The molecular formula is C15H23NO. The molecule has 1 N–H and O–H groups in total. The molecule has 0 amide bonds. The van der Waals surface area contributed by atoms with Crippen molar-refractivity contribution in [2.24, 2.45) is 11.8 Å². The highest BCUT2D eigenvalue weighted by molar-refractivity contribution is 5.56. The summed E-state index contributed by atoms with van der Waals surface area (Å²) in [5.74, 6) is 2.42. The van der Waals surface area contributed by atoms with E-state index < -0.39 is 0 Å². The molecule has 0 bridgehead atoms. The highest BCUT2D eigenvalue weighted by Gasteiger charge is 2.17. The minimum Gasteiger partial charge on any atom is -0.491 e. The summed E-state index contributed by atoms with van der Waals surface area (Å²) in [6.07, 6.45) is 4.15. The van der Waals surface area contributed by atoms with E-state index in [1.807, 2.05) is 12.1 Å². The van der Waals surface area contributed by atoms with Crippen LogP contribution in [-0.2, 0) is 0 Å². The average molecular weight is 233 g/mol. The number of benzene rings is 1. The van der Waals surface area contributed by atoms with Gasteiger partial charge in [-0.2, -0.15) is 0 Å². The van der Waals surface area contributed by atoms with E-state index in [0.29, 0.717) is 5.92 Å². The van der Waals surface area contributed by atoms with E-state index in [2.05, 4.69) is 31.3 Å². The number of hydrogen-bond acceptors (Lipinski definition) is 2. The van der Waals surface area contributed by atoms with Crippen molar-refractivity contribution < 1.29 is 4.74 Å². The molecule has 0 radical (unpaired) electrons. The summed E-state index contributed by atoms with van der Waals surface area (Å²) in [7, 11) is 0. The number of anilines is 1. The van der Waals surface area contributed by atoms with Crippen molar-refractivity contribution in [3.63, 3.8) is 0 Å². The lowest BCUT2D eigenvalue weighted by molar-refractivity contribution is 0.271. The summed E-state index contributed by atoms with van der Waals surface area (Å²) >= 11 is 0. The van der Waals surface area contributed by atoms with Gasteiger partial charge >= 0.3 is 0 Å². The monoisotopic (exact) mass is 233 g/mol. The van der Waals surface area contributed by atoms with Crippen LogP contribution in [0, 0.1) is 11.8 Å². The average Bonchev–Trinajstić information content (AvgIpc) is 2.25. The van der Waals surface area contributed by atoms with Gasteiger partial charge in [0.05, 0.1) is 12.3 Å². The van der Waals surface area contributed by atoms with E-state index in [1.165, 1.54) is 19.3 Å². The number of nitrogens with one attached hydrogen (secondary N) is 1. The molecule has 1 aliphatic rings. The predicted molar refractivity (Wildman–Crippen MR) is 72.6 cm³/mol. The lowest BCUT2D eigenvalue weighted by Crippen LogP contribution is -2.21. The summed E-state index contributed by atoms with van der Waals surface area (Å²) in [6, 6.07) is 8.25. The molecule has 2 rings (SSSR count). The molecule has 1 aliphatic carbocycles. The van der Waals surface area contributed by atoms with E-state index in [1.54, 1.807) is 0 Å². The molecule has 1 aromatic carbocycles. The topological polar surface area (TPSA) is 21.3 Å². The molecule has 0 heterocycles. The van der Waals surface area contributed by atoms with Gasteiger partial charge in [-0.25, -0.2) is 0 Å². The van der Waals surface area contributed by atoms with Crippen molar-refractivity contribution in [3.05, 3.63) is 24.3 Å². The van der Waals surface area contributed by atoms with Crippen molar-refractivity contribution >= 4 is 5.69 Å². The fourth-order valence-electron chi connectivity index (χ4n) is 1.95. The summed E-state index contributed by atoms with van der Waals surface area (Å²) in [4.78, 5) is 0. The van der Waals surface area contributed by atoms with Gasteiger partial charge in [0.1, 0.15) is 5.75 Å². The molecule has 1 saturated carbocycles. The fourth-order valence-corrected chi connectivity index (χ4v) is 1.95. The van der Waals surface area contributed by atoms with E-state index in [-0.39, 0.29) is 0 Å². The summed E-state index contributed by atoms with van der Waals surface area (Å²) in [5.41, 5.74) is 1.14. The van der Waals surface area contributed by atoms with Crippen molar-refractivity contribution in [1.82, 2.24) is 0 Å². The largest absolute Gasteiger partial charge is 0.491 e. The van der Waals surface area contributed by atoms with Gasteiger partial charge in [-0.3, -0.25) is 0 Å². The Morgan fingerprint density at radius 2 is 2.06 bits per heavy atom. The molecule has 1 fully saturated rings. The molecule has 2 nitrogen and oxygen atoms in total. The highest BCUT2D eigenvalue weighted by atomic mass is 16.5. The maximum absolute atomic E-state index is 5.82. The Balaban J connectivity index is 1.89. The summed E-state index contributed by atoms with van der Waals surface area (Å²) in [5, 5.41) is 3.51. The molecule has 2 heteroatoms. The van der Waals surface area contributed by atoms with Gasteiger partial charge < -0.3 is 10.1 Å². The van der Waals surface area contributed by atoms with Crippen LogP contribution >= 0.6 is 0 Å². The van der Waals surface area contributed by atoms with Crippen LogP contribution in [0.3, 0.4) is 0 Å². The van der Waals surface area contributed by atoms with Crippen molar-refractivity contribution in [3.8, 4) is 5.75 Å². The Morgan fingerprint density at radius 3 is 2.71 bits per heavy atom. The van der Waals surface area contributed by atoms with Gasteiger partial charge in [-0.15, -0.1) is 0 Å². The minimum atomic E-state index is 0.565. The molecule has 0 aromatic heterocycles.